The number of aliphatic hydroxyl groups excluding tert-OH is 2. The van der Waals surface area contributed by atoms with Gasteiger partial charge in [-0.15, -0.1) is 11.3 Å². The van der Waals surface area contributed by atoms with Gasteiger partial charge in [0.05, 0.1) is 23.6 Å². The van der Waals surface area contributed by atoms with Gasteiger partial charge in [-0.05, 0) is 37.0 Å². The SMILES string of the molecule is CCc1sc(C(=O)N[C@@H](CO)C[C@H](O)c2ccccc2)cc1C. The number of nitrogens with one attached hydrogen (secondary N) is 1. The zero-order valence-electron chi connectivity index (χ0n) is 13.5. The maximum Gasteiger partial charge on any atom is 0.261 e. The number of carbonyl (C=O) groups is 1. The van der Waals surface area contributed by atoms with E-state index in [0.717, 1.165) is 17.5 Å². The van der Waals surface area contributed by atoms with Crippen LogP contribution >= 0.6 is 11.3 Å². The fraction of sp³-hybridized carbons (Fsp3) is 0.389. The third kappa shape index (κ3) is 4.64. The van der Waals surface area contributed by atoms with Crippen LogP contribution in [0.4, 0.5) is 0 Å². The van der Waals surface area contributed by atoms with Gasteiger partial charge in [-0.1, -0.05) is 37.3 Å². The van der Waals surface area contributed by atoms with E-state index >= 15 is 0 Å². The number of carbonyl (C=O) groups excluding carboxylic acids is 1. The van der Waals surface area contributed by atoms with E-state index in [0.29, 0.717) is 4.88 Å². The summed E-state index contributed by atoms with van der Waals surface area (Å²) >= 11 is 1.48. The first-order chi connectivity index (χ1) is 11.0. The number of benzene rings is 1. The Balaban J connectivity index is 1.99. The quantitative estimate of drug-likeness (QED) is 0.730. The van der Waals surface area contributed by atoms with Gasteiger partial charge in [0.1, 0.15) is 0 Å². The number of aliphatic hydroxyl groups is 2. The smallest absolute Gasteiger partial charge is 0.261 e. The molecule has 0 bridgehead atoms. The summed E-state index contributed by atoms with van der Waals surface area (Å²) in [5.74, 6) is -0.197. The topological polar surface area (TPSA) is 69.6 Å². The van der Waals surface area contributed by atoms with Crippen molar-refractivity contribution in [3.63, 3.8) is 0 Å². The molecule has 0 aliphatic heterocycles. The van der Waals surface area contributed by atoms with Crippen molar-refractivity contribution in [3.05, 3.63) is 57.3 Å². The maximum atomic E-state index is 12.3. The zero-order valence-corrected chi connectivity index (χ0v) is 14.3. The highest BCUT2D eigenvalue weighted by Crippen LogP contribution is 2.23. The summed E-state index contributed by atoms with van der Waals surface area (Å²) in [6.45, 7) is 3.85. The number of amides is 1. The van der Waals surface area contributed by atoms with E-state index in [1.807, 2.05) is 43.3 Å². The number of hydrogen-bond donors (Lipinski definition) is 3. The van der Waals surface area contributed by atoms with Crippen molar-refractivity contribution in [1.29, 1.82) is 0 Å². The van der Waals surface area contributed by atoms with Crippen molar-refractivity contribution in [2.75, 3.05) is 6.61 Å². The summed E-state index contributed by atoms with van der Waals surface area (Å²) in [5, 5.41) is 22.5. The number of thiophene rings is 1. The van der Waals surface area contributed by atoms with Crippen LogP contribution in [0.25, 0.3) is 0 Å². The molecule has 2 aromatic rings. The zero-order chi connectivity index (χ0) is 16.8. The van der Waals surface area contributed by atoms with Crippen LogP contribution in [0.1, 0.15) is 45.1 Å². The molecule has 0 radical (unpaired) electrons. The van der Waals surface area contributed by atoms with Crippen molar-refractivity contribution in [1.82, 2.24) is 5.32 Å². The van der Waals surface area contributed by atoms with E-state index in [-0.39, 0.29) is 18.9 Å². The minimum absolute atomic E-state index is 0.197. The highest BCUT2D eigenvalue weighted by Gasteiger charge is 2.19. The predicted molar refractivity (Wildman–Crippen MR) is 92.8 cm³/mol. The third-order valence-electron chi connectivity index (χ3n) is 3.81. The lowest BCUT2D eigenvalue weighted by Crippen LogP contribution is -2.38. The van der Waals surface area contributed by atoms with Gasteiger partial charge in [0.2, 0.25) is 0 Å². The summed E-state index contributed by atoms with van der Waals surface area (Å²) < 4.78 is 0. The Morgan fingerprint density at radius 3 is 2.57 bits per heavy atom. The molecule has 3 N–H and O–H groups in total. The van der Waals surface area contributed by atoms with Crippen LogP contribution < -0.4 is 5.32 Å². The summed E-state index contributed by atoms with van der Waals surface area (Å²) in [5.41, 5.74) is 1.90. The van der Waals surface area contributed by atoms with Crippen LogP contribution in [0.3, 0.4) is 0 Å². The van der Waals surface area contributed by atoms with E-state index in [9.17, 15) is 15.0 Å². The molecule has 2 atom stereocenters. The van der Waals surface area contributed by atoms with Gasteiger partial charge < -0.3 is 15.5 Å². The molecule has 0 spiro atoms. The Bertz CT molecular complexity index is 639. The van der Waals surface area contributed by atoms with E-state index < -0.39 is 12.1 Å². The molecule has 4 nitrogen and oxygen atoms in total. The Labute approximate surface area is 140 Å². The van der Waals surface area contributed by atoms with Gasteiger partial charge in [0.25, 0.3) is 5.91 Å². The highest BCUT2D eigenvalue weighted by atomic mass is 32.1. The predicted octanol–water partition coefficient (Wildman–Crippen LogP) is 2.83. The molecule has 1 aromatic carbocycles. The van der Waals surface area contributed by atoms with E-state index in [1.165, 1.54) is 16.2 Å². The van der Waals surface area contributed by atoms with Crippen molar-refractivity contribution < 1.29 is 15.0 Å². The molecule has 0 saturated heterocycles. The monoisotopic (exact) mass is 333 g/mol. The molecule has 0 saturated carbocycles. The second kappa shape index (κ2) is 8.24. The molecule has 2 rings (SSSR count). The van der Waals surface area contributed by atoms with E-state index in [1.54, 1.807) is 0 Å². The van der Waals surface area contributed by atoms with Gasteiger partial charge >= 0.3 is 0 Å². The second-order valence-corrected chi connectivity index (χ2v) is 6.72. The number of rotatable bonds is 7. The van der Waals surface area contributed by atoms with Crippen molar-refractivity contribution in [3.8, 4) is 0 Å². The molecule has 0 fully saturated rings. The molecule has 5 heteroatoms. The Morgan fingerprint density at radius 2 is 2.00 bits per heavy atom. The molecule has 0 unspecified atom stereocenters. The van der Waals surface area contributed by atoms with Gasteiger partial charge in [-0.25, -0.2) is 0 Å². The van der Waals surface area contributed by atoms with Crippen LogP contribution in [-0.2, 0) is 6.42 Å². The van der Waals surface area contributed by atoms with Crippen LogP contribution in [0.2, 0.25) is 0 Å². The first-order valence-corrected chi connectivity index (χ1v) is 8.60. The molecular weight excluding hydrogens is 310 g/mol. The lowest BCUT2D eigenvalue weighted by molar-refractivity contribution is 0.0869. The minimum atomic E-state index is -0.718. The van der Waals surface area contributed by atoms with Gasteiger partial charge in [-0.3, -0.25) is 4.79 Å². The van der Waals surface area contributed by atoms with Gasteiger partial charge in [0, 0.05) is 4.88 Å². The van der Waals surface area contributed by atoms with Crippen molar-refractivity contribution >= 4 is 17.2 Å². The molecule has 1 aromatic heterocycles. The maximum absolute atomic E-state index is 12.3. The van der Waals surface area contributed by atoms with Crippen molar-refractivity contribution in [2.45, 2.75) is 38.8 Å². The average molecular weight is 333 g/mol. The first kappa shape index (κ1) is 17.7. The van der Waals surface area contributed by atoms with E-state index in [2.05, 4.69) is 12.2 Å². The molecule has 0 aliphatic rings. The van der Waals surface area contributed by atoms with Gasteiger partial charge in [0.15, 0.2) is 0 Å². The van der Waals surface area contributed by atoms with E-state index in [4.69, 9.17) is 0 Å². The highest BCUT2D eigenvalue weighted by molar-refractivity contribution is 7.14. The number of hydrogen-bond acceptors (Lipinski definition) is 4. The minimum Gasteiger partial charge on any atom is -0.394 e. The average Bonchev–Trinajstić information content (AvgIpc) is 2.96. The van der Waals surface area contributed by atoms with Crippen LogP contribution in [0.5, 0.6) is 0 Å². The molecule has 124 valence electrons. The Morgan fingerprint density at radius 1 is 1.30 bits per heavy atom. The van der Waals surface area contributed by atoms with Crippen LogP contribution in [0, 0.1) is 6.92 Å². The number of aryl methyl sites for hydroxylation is 2. The summed E-state index contributed by atoms with van der Waals surface area (Å²) in [6, 6.07) is 10.6. The first-order valence-electron chi connectivity index (χ1n) is 7.79. The summed E-state index contributed by atoms with van der Waals surface area (Å²) in [4.78, 5) is 14.2. The normalized spacial score (nSPS) is 13.6. The molecule has 1 heterocycles. The standard InChI is InChI=1S/C18H23NO3S/c1-3-16-12(2)9-17(23-16)18(22)19-14(11-20)10-15(21)13-7-5-4-6-8-13/h4-9,14-15,20-21H,3,10-11H2,1-2H3,(H,19,22)/t14-,15+/m1/s1. The fourth-order valence-corrected chi connectivity index (χ4v) is 3.52. The summed E-state index contributed by atoms with van der Waals surface area (Å²) in [7, 11) is 0. The Hall–Kier alpha value is -1.69. The van der Waals surface area contributed by atoms with Gasteiger partial charge in [-0.2, -0.15) is 0 Å². The Kier molecular flexibility index (Phi) is 6.33. The lowest BCUT2D eigenvalue weighted by atomic mass is 10.0. The van der Waals surface area contributed by atoms with Crippen LogP contribution in [0.15, 0.2) is 36.4 Å². The fourth-order valence-electron chi connectivity index (χ4n) is 2.50. The lowest BCUT2D eigenvalue weighted by Gasteiger charge is -2.19. The molecule has 23 heavy (non-hydrogen) atoms. The largest absolute Gasteiger partial charge is 0.394 e. The van der Waals surface area contributed by atoms with Crippen LogP contribution in [-0.4, -0.2) is 28.8 Å². The second-order valence-electron chi connectivity index (χ2n) is 5.59. The molecular formula is C18H23NO3S. The molecule has 0 aliphatic carbocycles. The third-order valence-corrected chi connectivity index (χ3v) is 5.19. The molecule has 1 amide bonds. The summed E-state index contributed by atoms with van der Waals surface area (Å²) in [6.07, 6.45) is 0.460. The van der Waals surface area contributed by atoms with Crippen molar-refractivity contribution in [2.24, 2.45) is 0 Å².